The van der Waals surface area contributed by atoms with Gasteiger partial charge in [0, 0.05) is 0 Å². The molecule has 0 radical (unpaired) electrons. The van der Waals surface area contributed by atoms with Crippen LogP contribution in [0.3, 0.4) is 0 Å². The number of carbonyl (C=O) groups is 3. The molecule has 0 aliphatic carbocycles. The fourth-order valence-electron chi connectivity index (χ4n) is 1.92. The minimum absolute atomic E-state index is 0.0231. The molecule has 0 saturated carbocycles. The van der Waals surface area contributed by atoms with E-state index in [4.69, 9.17) is 14.2 Å². The minimum atomic E-state index is -0.728. The van der Waals surface area contributed by atoms with E-state index in [1.54, 1.807) is 57.2 Å². The Kier molecular flexibility index (Phi) is 9.93. The summed E-state index contributed by atoms with van der Waals surface area (Å²) in [4.78, 5) is 36.7. The van der Waals surface area contributed by atoms with Crippen LogP contribution in [0.25, 0.3) is 0 Å². The summed E-state index contributed by atoms with van der Waals surface area (Å²) in [5.41, 5.74) is 0.114. The average Bonchev–Trinajstić information content (AvgIpc) is 2.67. The number of benzene rings is 1. The van der Waals surface area contributed by atoms with Gasteiger partial charge in [0.1, 0.15) is 19.8 Å². The van der Waals surface area contributed by atoms with Gasteiger partial charge in [-0.2, -0.15) is 0 Å². The summed E-state index contributed by atoms with van der Waals surface area (Å²) >= 11 is 0. The second-order valence-electron chi connectivity index (χ2n) is 5.26. The van der Waals surface area contributed by atoms with Gasteiger partial charge in [-0.05, 0) is 39.0 Å². The van der Waals surface area contributed by atoms with E-state index >= 15 is 0 Å². The summed E-state index contributed by atoms with van der Waals surface area (Å²) in [7, 11) is 0. The maximum Gasteiger partial charge on any atom is 0.339 e. The summed E-state index contributed by atoms with van der Waals surface area (Å²) < 4.78 is 15.3. The molecule has 0 N–H and O–H groups in total. The van der Waals surface area contributed by atoms with E-state index in [2.05, 4.69) is 0 Å². The van der Waals surface area contributed by atoms with Crippen molar-refractivity contribution in [3.8, 4) is 0 Å². The van der Waals surface area contributed by atoms with Crippen LogP contribution in [-0.2, 0) is 14.2 Å². The lowest BCUT2D eigenvalue weighted by molar-refractivity contribution is 0.0500. The molecule has 27 heavy (non-hydrogen) atoms. The zero-order valence-corrected chi connectivity index (χ0v) is 15.8. The first kappa shape index (κ1) is 21.9. The lowest BCUT2D eigenvalue weighted by Gasteiger charge is -2.10. The van der Waals surface area contributed by atoms with E-state index in [0.29, 0.717) is 0 Å². The Labute approximate surface area is 159 Å². The molecule has 0 saturated heterocycles. The normalized spacial score (nSPS) is 11.2. The van der Waals surface area contributed by atoms with Crippen molar-refractivity contribution in [3.05, 3.63) is 71.3 Å². The maximum absolute atomic E-state index is 12.4. The number of carbonyl (C=O) groups excluding carboxylic acids is 3. The number of hydrogen-bond acceptors (Lipinski definition) is 6. The smallest absolute Gasteiger partial charge is 0.339 e. The number of rotatable bonds is 9. The average molecular weight is 372 g/mol. The Morgan fingerprint density at radius 3 is 1.63 bits per heavy atom. The van der Waals surface area contributed by atoms with Crippen LogP contribution in [-0.4, -0.2) is 37.7 Å². The van der Waals surface area contributed by atoms with E-state index < -0.39 is 17.9 Å². The van der Waals surface area contributed by atoms with Gasteiger partial charge in [-0.3, -0.25) is 0 Å². The Morgan fingerprint density at radius 2 is 1.15 bits per heavy atom. The highest BCUT2D eigenvalue weighted by Crippen LogP contribution is 2.16. The SMILES string of the molecule is C/C=C/COC(=O)c1ccc(C(=O)OC/C=C/C)c(C(=O)OC/C=C/C)c1. The van der Waals surface area contributed by atoms with Gasteiger partial charge in [-0.15, -0.1) is 0 Å². The summed E-state index contributed by atoms with van der Waals surface area (Å²) in [6.07, 6.45) is 10.2. The first-order chi connectivity index (χ1) is 13.0. The van der Waals surface area contributed by atoms with Crippen LogP contribution in [0.1, 0.15) is 51.8 Å². The molecule has 6 nitrogen and oxygen atoms in total. The molecule has 1 aromatic rings. The van der Waals surface area contributed by atoms with Gasteiger partial charge in [0.25, 0.3) is 0 Å². The van der Waals surface area contributed by atoms with E-state index in [1.807, 2.05) is 0 Å². The molecule has 0 heterocycles. The van der Waals surface area contributed by atoms with E-state index in [0.717, 1.165) is 0 Å². The highest BCUT2D eigenvalue weighted by Gasteiger charge is 2.22. The summed E-state index contributed by atoms with van der Waals surface area (Å²) in [5.74, 6) is -2.02. The van der Waals surface area contributed by atoms with Gasteiger partial charge < -0.3 is 14.2 Å². The topological polar surface area (TPSA) is 78.9 Å². The van der Waals surface area contributed by atoms with Crippen molar-refractivity contribution in [1.29, 1.82) is 0 Å². The third-order valence-electron chi connectivity index (χ3n) is 3.33. The van der Waals surface area contributed by atoms with E-state index in [9.17, 15) is 14.4 Å². The van der Waals surface area contributed by atoms with Gasteiger partial charge in [0.05, 0.1) is 16.7 Å². The molecule has 0 amide bonds. The Morgan fingerprint density at radius 1 is 0.704 bits per heavy atom. The van der Waals surface area contributed by atoms with Crippen LogP contribution in [0.5, 0.6) is 0 Å². The highest BCUT2D eigenvalue weighted by molar-refractivity contribution is 6.05. The van der Waals surface area contributed by atoms with E-state index in [1.165, 1.54) is 18.2 Å². The zero-order chi connectivity index (χ0) is 20.1. The fourth-order valence-corrected chi connectivity index (χ4v) is 1.92. The second kappa shape index (κ2) is 12.2. The van der Waals surface area contributed by atoms with Gasteiger partial charge >= 0.3 is 17.9 Å². The van der Waals surface area contributed by atoms with Crippen molar-refractivity contribution in [2.45, 2.75) is 20.8 Å². The Hall–Kier alpha value is -3.15. The summed E-state index contributed by atoms with van der Waals surface area (Å²) in [6.45, 7) is 5.64. The zero-order valence-electron chi connectivity index (χ0n) is 15.8. The molecular weight excluding hydrogens is 348 g/mol. The molecule has 1 rings (SSSR count). The number of allylic oxidation sites excluding steroid dienone is 3. The first-order valence-electron chi connectivity index (χ1n) is 8.54. The first-order valence-corrected chi connectivity index (χ1v) is 8.54. The van der Waals surface area contributed by atoms with Crippen LogP contribution < -0.4 is 0 Å². The quantitative estimate of drug-likeness (QED) is 0.372. The lowest BCUT2D eigenvalue weighted by atomic mass is 10.0. The van der Waals surface area contributed by atoms with E-state index in [-0.39, 0.29) is 36.5 Å². The number of ether oxygens (including phenoxy) is 3. The molecule has 1 aromatic carbocycles. The molecule has 0 bridgehead atoms. The van der Waals surface area contributed by atoms with Gasteiger partial charge in [-0.25, -0.2) is 14.4 Å². The van der Waals surface area contributed by atoms with Crippen molar-refractivity contribution in [1.82, 2.24) is 0 Å². The highest BCUT2D eigenvalue weighted by atomic mass is 16.5. The molecule has 0 aromatic heterocycles. The predicted octanol–water partition coefficient (Wildman–Crippen LogP) is 3.89. The summed E-state index contributed by atoms with van der Waals surface area (Å²) in [5, 5.41) is 0. The third kappa shape index (κ3) is 7.32. The van der Waals surface area contributed by atoms with Gasteiger partial charge in [0.2, 0.25) is 0 Å². The molecule has 0 unspecified atom stereocenters. The molecule has 0 atom stereocenters. The maximum atomic E-state index is 12.4. The Bertz CT molecular complexity index is 743. The largest absolute Gasteiger partial charge is 0.458 e. The van der Waals surface area contributed by atoms with Crippen molar-refractivity contribution < 1.29 is 28.6 Å². The third-order valence-corrected chi connectivity index (χ3v) is 3.33. The van der Waals surface area contributed by atoms with Crippen LogP contribution >= 0.6 is 0 Å². The van der Waals surface area contributed by atoms with Gasteiger partial charge in [0.15, 0.2) is 0 Å². The molecule has 0 aliphatic heterocycles. The number of esters is 3. The van der Waals surface area contributed by atoms with Gasteiger partial charge in [-0.1, -0.05) is 36.5 Å². The fraction of sp³-hybridized carbons (Fsp3) is 0.286. The standard InChI is InChI=1S/C21H24O6/c1-4-7-12-25-19(22)16-10-11-17(20(23)26-13-8-5-2)18(15-16)21(24)27-14-9-6-3/h4-11,15H,12-14H2,1-3H3/b7-4+,8-5+,9-6+. The van der Waals surface area contributed by atoms with Crippen LogP contribution in [0.4, 0.5) is 0 Å². The van der Waals surface area contributed by atoms with Crippen LogP contribution in [0.15, 0.2) is 54.7 Å². The Balaban J connectivity index is 3.11. The van der Waals surface area contributed by atoms with Crippen molar-refractivity contribution in [2.24, 2.45) is 0 Å². The monoisotopic (exact) mass is 372 g/mol. The van der Waals surface area contributed by atoms with Crippen molar-refractivity contribution >= 4 is 17.9 Å². The van der Waals surface area contributed by atoms with Crippen LogP contribution in [0.2, 0.25) is 0 Å². The molecular formula is C21H24O6. The molecule has 0 fully saturated rings. The second-order valence-corrected chi connectivity index (χ2v) is 5.26. The molecule has 144 valence electrons. The summed E-state index contributed by atoms with van der Waals surface area (Å²) in [6, 6.07) is 4.05. The lowest BCUT2D eigenvalue weighted by Crippen LogP contribution is -2.16. The van der Waals surface area contributed by atoms with Crippen molar-refractivity contribution in [2.75, 3.05) is 19.8 Å². The number of hydrogen-bond donors (Lipinski definition) is 0. The predicted molar refractivity (Wildman–Crippen MR) is 102 cm³/mol. The molecule has 0 aliphatic rings. The minimum Gasteiger partial charge on any atom is -0.458 e. The molecule has 0 spiro atoms. The molecule has 6 heteroatoms. The van der Waals surface area contributed by atoms with Crippen LogP contribution in [0, 0.1) is 0 Å². The van der Waals surface area contributed by atoms with Crippen molar-refractivity contribution in [3.63, 3.8) is 0 Å².